The van der Waals surface area contributed by atoms with E-state index in [-0.39, 0.29) is 22.3 Å². The molecule has 1 aromatic heterocycles. The molecule has 0 fully saturated rings. The number of nitrogens with zero attached hydrogens (tertiary/aromatic N) is 2. The van der Waals surface area contributed by atoms with Crippen molar-refractivity contribution in [3.63, 3.8) is 0 Å². The molecule has 3 rings (SSSR count). The van der Waals surface area contributed by atoms with Gasteiger partial charge >= 0.3 is 0 Å². The van der Waals surface area contributed by atoms with E-state index in [1.165, 1.54) is 49.7 Å². The molecule has 1 amide bonds. The predicted molar refractivity (Wildman–Crippen MR) is 114 cm³/mol. The van der Waals surface area contributed by atoms with Gasteiger partial charge in [-0.25, -0.2) is 22.1 Å². The zero-order valence-electron chi connectivity index (χ0n) is 15.9. The first-order valence-corrected chi connectivity index (χ1v) is 11.2. The Morgan fingerprint density at radius 1 is 1.23 bits per heavy atom. The lowest BCUT2D eigenvalue weighted by Gasteiger charge is -2.11. The van der Waals surface area contributed by atoms with Crippen molar-refractivity contribution >= 4 is 44.0 Å². The van der Waals surface area contributed by atoms with Crippen molar-refractivity contribution in [2.75, 3.05) is 26.0 Å². The minimum atomic E-state index is -3.51. The highest BCUT2D eigenvalue weighted by molar-refractivity contribution is 7.89. The number of thiazole rings is 1. The second-order valence-electron chi connectivity index (χ2n) is 6.26. The molecule has 2 aromatic carbocycles. The minimum absolute atomic E-state index is 0.0955. The van der Waals surface area contributed by atoms with Crippen LogP contribution in [0.4, 0.5) is 9.52 Å². The molecule has 0 atom stereocenters. The van der Waals surface area contributed by atoms with Gasteiger partial charge in [-0.15, -0.1) is 11.3 Å². The Morgan fingerprint density at radius 2 is 1.93 bits per heavy atom. The summed E-state index contributed by atoms with van der Waals surface area (Å²) < 4.78 is 43.8. The number of aromatic nitrogens is 1. The van der Waals surface area contributed by atoms with Crippen LogP contribution in [0.3, 0.4) is 0 Å². The highest BCUT2D eigenvalue weighted by atomic mass is 35.5. The summed E-state index contributed by atoms with van der Waals surface area (Å²) in [5, 5.41) is 4.62. The Hall–Kier alpha value is -2.53. The predicted octanol–water partition coefficient (Wildman–Crippen LogP) is 3.87. The summed E-state index contributed by atoms with van der Waals surface area (Å²) >= 11 is 6.89. The topological polar surface area (TPSA) is 88.6 Å². The zero-order valence-corrected chi connectivity index (χ0v) is 18.3. The van der Waals surface area contributed by atoms with Gasteiger partial charge in [0.1, 0.15) is 11.6 Å². The lowest BCUT2D eigenvalue weighted by atomic mass is 10.2. The average Bonchev–Trinajstić information content (AvgIpc) is 3.17. The van der Waals surface area contributed by atoms with Crippen LogP contribution in [0.1, 0.15) is 0 Å². The van der Waals surface area contributed by atoms with Crippen molar-refractivity contribution in [1.29, 1.82) is 0 Å². The Morgan fingerprint density at radius 3 is 2.57 bits per heavy atom. The highest BCUT2D eigenvalue weighted by Crippen LogP contribution is 2.26. The minimum Gasteiger partial charge on any atom is -0.484 e. The van der Waals surface area contributed by atoms with E-state index < -0.39 is 21.7 Å². The second kappa shape index (κ2) is 9.09. The van der Waals surface area contributed by atoms with Crippen LogP contribution in [0.5, 0.6) is 5.75 Å². The van der Waals surface area contributed by atoms with Gasteiger partial charge in [0.15, 0.2) is 11.7 Å². The molecule has 11 heteroatoms. The highest BCUT2D eigenvalue weighted by Gasteiger charge is 2.17. The summed E-state index contributed by atoms with van der Waals surface area (Å²) in [5.74, 6) is -0.746. The van der Waals surface area contributed by atoms with Crippen molar-refractivity contribution in [2.24, 2.45) is 0 Å². The summed E-state index contributed by atoms with van der Waals surface area (Å²) in [6.45, 7) is -0.298. The Bertz CT molecular complexity index is 1160. The molecular weight excluding hydrogens is 453 g/mol. The first-order valence-electron chi connectivity index (χ1n) is 8.53. The van der Waals surface area contributed by atoms with E-state index in [0.29, 0.717) is 16.4 Å². The molecule has 0 aliphatic heterocycles. The van der Waals surface area contributed by atoms with Crippen LogP contribution in [0.2, 0.25) is 5.02 Å². The van der Waals surface area contributed by atoms with Crippen LogP contribution in [0, 0.1) is 5.82 Å². The first kappa shape index (κ1) is 22.2. The van der Waals surface area contributed by atoms with Crippen LogP contribution in [-0.2, 0) is 14.8 Å². The molecule has 0 aliphatic rings. The Kier molecular flexibility index (Phi) is 6.71. The van der Waals surface area contributed by atoms with Gasteiger partial charge in [0.05, 0.1) is 15.6 Å². The molecule has 3 aromatic rings. The zero-order chi connectivity index (χ0) is 21.9. The summed E-state index contributed by atoms with van der Waals surface area (Å²) in [5.41, 5.74) is 1.30. The Balaban J connectivity index is 1.62. The fourth-order valence-electron chi connectivity index (χ4n) is 2.34. The van der Waals surface area contributed by atoms with Gasteiger partial charge in [0.2, 0.25) is 10.0 Å². The monoisotopic (exact) mass is 469 g/mol. The number of halogens is 2. The van der Waals surface area contributed by atoms with Gasteiger partial charge in [-0.05, 0) is 24.3 Å². The molecule has 0 bridgehead atoms. The van der Waals surface area contributed by atoms with Gasteiger partial charge in [0.25, 0.3) is 5.91 Å². The first-order chi connectivity index (χ1) is 14.2. The van der Waals surface area contributed by atoms with Crippen LogP contribution in [-0.4, -0.2) is 44.3 Å². The van der Waals surface area contributed by atoms with E-state index in [0.717, 1.165) is 10.4 Å². The summed E-state index contributed by atoms with van der Waals surface area (Å²) in [7, 11) is -0.575. The van der Waals surface area contributed by atoms with Crippen LogP contribution in [0.25, 0.3) is 11.3 Å². The number of rotatable bonds is 7. The number of benzene rings is 2. The summed E-state index contributed by atoms with van der Waals surface area (Å²) in [6, 6.07) is 10.1. The van der Waals surface area contributed by atoms with E-state index in [9.17, 15) is 17.6 Å². The molecular formula is C19H17ClFN3O4S2. The largest absolute Gasteiger partial charge is 0.484 e. The SMILES string of the molecule is CN(C)S(=O)(=O)c1ccc(-c2csc(NC(=O)COc3ccc(F)c(Cl)c3)n2)cc1. The summed E-state index contributed by atoms with van der Waals surface area (Å²) in [4.78, 5) is 16.6. The van der Waals surface area contributed by atoms with E-state index in [2.05, 4.69) is 10.3 Å². The van der Waals surface area contributed by atoms with Crippen LogP contribution >= 0.6 is 22.9 Å². The molecule has 158 valence electrons. The second-order valence-corrected chi connectivity index (χ2v) is 9.68. The van der Waals surface area contributed by atoms with Gasteiger partial charge in [-0.3, -0.25) is 10.1 Å². The number of carbonyl (C=O) groups is 1. The molecule has 0 spiro atoms. The van der Waals surface area contributed by atoms with E-state index in [4.69, 9.17) is 16.3 Å². The van der Waals surface area contributed by atoms with Crippen molar-refractivity contribution < 1.29 is 22.3 Å². The third-order valence-corrected chi connectivity index (χ3v) is 6.82. The molecule has 0 saturated heterocycles. The molecule has 1 heterocycles. The van der Waals surface area contributed by atoms with E-state index in [1.54, 1.807) is 17.5 Å². The quantitative estimate of drug-likeness (QED) is 0.567. The van der Waals surface area contributed by atoms with E-state index in [1.807, 2.05) is 0 Å². The molecule has 0 radical (unpaired) electrons. The Labute approximate surface area is 182 Å². The molecule has 0 aliphatic carbocycles. The third kappa shape index (κ3) is 5.14. The maximum atomic E-state index is 13.1. The number of nitrogens with one attached hydrogen (secondary N) is 1. The fraction of sp³-hybridized carbons (Fsp3) is 0.158. The molecule has 0 unspecified atom stereocenters. The van der Waals surface area contributed by atoms with Crippen LogP contribution in [0.15, 0.2) is 52.7 Å². The fourth-order valence-corrected chi connectivity index (χ4v) is 4.15. The van der Waals surface area contributed by atoms with Gasteiger partial charge < -0.3 is 4.74 Å². The lowest BCUT2D eigenvalue weighted by molar-refractivity contribution is -0.118. The molecule has 7 nitrogen and oxygen atoms in total. The van der Waals surface area contributed by atoms with Crippen molar-refractivity contribution in [1.82, 2.24) is 9.29 Å². The molecule has 0 saturated carbocycles. The van der Waals surface area contributed by atoms with Crippen LogP contribution < -0.4 is 10.1 Å². The van der Waals surface area contributed by atoms with Crippen molar-refractivity contribution in [3.8, 4) is 17.0 Å². The third-order valence-electron chi connectivity index (χ3n) is 3.94. The maximum Gasteiger partial charge on any atom is 0.264 e. The van der Waals surface area contributed by atoms with Crippen molar-refractivity contribution in [2.45, 2.75) is 4.90 Å². The normalized spacial score (nSPS) is 11.5. The van der Waals surface area contributed by atoms with Gasteiger partial charge in [-0.1, -0.05) is 23.7 Å². The number of hydrogen-bond donors (Lipinski definition) is 1. The number of carbonyl (C=O) groups excluding carboxylic acids is 1. The number of ether oxygens (including phenoxy) is 1. The maximum absolute atomic E-state index is 13.1. The van der Waals surface area contributed by atoms with E-state index >= 15 is 0 Å². The smallest absolute Gasteiger partial charge is 0.264 e. The molecule has 1 N–H and O–H groups in total. The lowest BCUT2D eigenvalue weighted by Crippen LogP contribution is -2.22. The average molecular weight is 470 g/mol. The number of amides is 1. The van der Waals surface area contributed by atoms with Gasteiger partial charge in [-0.2, -0.15) is 0 Å². The number of sulfonamides is 1. The standard InChI is InChI=1S/C19H17ClFN3O4S2/c1-24(2)30(26,27)14-6-3-12(4-7-14)17-11-29-19(22-17)23-18(25)10-28-13-5-8-16(21)15(20)9-13/h3-9,11H,10H2,1-2H3,(H,22,23,25). The number of anilines is 1. The molecule has 30 heavy (non-hydrogen) atoms. The van der Waals surface area contributed by atoms with Crippen molar-refractivity contribution in [3.05, 3.63) is 58.7 Å². The van der Waals surface area contributed by atoms with Gasteiger partial charge in [0, 0.05) is 31.1 Å². The number of hydrogen-bond acceptors (Lipinski definition) is 6. The summed E-state index contributed by atoms with van der Waals surface area (Å²) in [6.07, 6.45) is 0.